The number of hydrogen-bond donors (Lipinski definition) is 4. The summed E-state index contributed by atoms with van der Waals surface area (Å²) in [5.74, 6) is 0.242. The molecule has 0 radical (unpaired) electrons. The second kappa shape index (κ2) is 12.7. The van der Waals surface area contributed by atoms with Gasteiger partial charge in [-0.15, -0.1) is 11.3 Å². The predicted octanol–water partition coefficient (Wildman–Crippen LogP) is 6.08. The molecule has 0 spiro atoms. The maximum atomic E-state index is 13.7. The topological polar surface area (TPSA) is 133 Å². The van der Waals surface area contributed by atoms with Gasteiger partial charge in [0, 0.05) is 52.9 Å². The number of nitrogens with zero attached hydrogens (tertiary/aromatic N) is 1. The number of allylic oxidation sites excluding steroid dienone is 4. The molecule has 41 heavy (non-hydrogen) atoms. The molecule has 1 aliphatic heterocycles. The molecule has 0 unspecified atom stereocenters. The Balaban J connectivity index is 1.63. The number of rotatable bonds is 8. The van der Waals surface area contributed by atoms with E-state index in [-0.39, 0.29) is 29.1 Å². The first-order valence-electron chi connectivity index (χ1n) is 13.8. The van der Waals surface area contributed by atoms with E-state index in [2.05, 4.69) is 15.4 Å². The van der Waals surface area contributed by atoms with Gasteiger partial charge in [-0.1, -0.05) is 18.2 Å². The molecule has 9 nitrogen and oxygen atoms in total. The van der Waals surface area contributed by atoms with Crippen molar-refractivity contribution in [2.45, 2.75) is 88.8 Å². The van der Waals surface area contributed by atoms with Crippen molar-refractivity contribution in [3.63, 3.8) is 0 Å². The number of hydrogen-bond acceptors (Lipinski definition) is 8. The predicted molar refractivity (Wildman–Crippen MR) is 164 cm³/mol. The van der Waals surface area contributed by atoms with Crippen LogP contribution in [0.4, 0.5) is 4.79 Å². The summed E-state index contributed by atoms with van der Waals surface area (Å²) in [7, 11) is -3.91. The number of nitrogens with one attached hydrogen (secondary N) is 4. The first-order valence-corrected chi connectivity index (χ1v) is 16.1. The van der Waals surface area contributed by atoms with Crippen LogP contribution in [0.1, 0.15) is 76.8 Å². The lowest BCUT2D eigenvalue weighted by atomic mass is 9.86. The highest BCUT2D eigenvalue weighted by Crippen LogP contribution is 2.40. The van der Waals surface area contributed by atoms with E-state index in [4.69, 9.17) is 15.1 Å². The van der Waals surface area contributed by atoms with Gasteiger partial charge in [0.05, 0.1) is 20.9 Å². The molecular weight excluding hydrogens is 558 g/mol. The smallest absolute Gasteiger partial charge is 0.407 e. The van der Waals surface area contributed by atoms with Crippen molar-refractivity contribution < 1.29 is 17.9 Å². The van der Waals surface area contributed by atoms with Crippen LogP contribution in [-0.2, 0) is 14.8 Å². The molecule has 1 aliphatic carbocycles. The van der Waals surface area contributed by atoms with E-state index in [1.807, 2.05) is 38.1 Å². The summed E-state index contributed by atoms with van der Waals surface area (Å²) in [6, 6.07) is 5.36. The van der Waals surface area contributed by atoms with Gasteiger partial charge >= 0.3 is 6.09 Å². The Labute approximate surface area is 246 Å². The monoisotopic (exact) mass is 597 g/mol. The molecule has 0 bridgehead atoms. The van der Waals surface area contributed by atoms with Gasteiger partial charge in [0.25, 0.3) is 0 Å². The van der Waals surface area contributed by atoms with E-state index < -0.39 is 15.6 Å². The molecule has 0 saturated heterocycles. The summed E-state index contributed by atoms with van der Waals surface area (Å²) in [5, 5.41) is 15.1. The molecule has 0 atom stereocenters. The lowest BCUT2D eigenvalue weighted by Gasteiger charge is -2.28. The molecule has 1 amide bonds. The lowest BCUT2D eigenvalue weighted by molar-refractivity contribution is 0.109. The SMILES string of the molecule is CC(C)OC(=O)NC1CCC(c2ncc(-c3ccc(/C(C=N)=C4\C=CC=CN4)cc3S(=O)(=O)NC(C)(C)C)s2)CC1. The summed E-state index contributed by atoms with van der Waals surface area (Å²) in [4.78, 5) is 17.6. The molecule has 2 aliphatic rings. The van der Waals surface area contributed by atoms with E-state index in [0.29, 0.717) is 22.4 Å². The van der Waals surface area contributed by atoms with E-state index in [1.165, 1.54) is 17.6 Å². The highest BCUT2D eigenvalue weighted by atomic mass is 32.2. The standard InChI is InChI=1S/C30H39N5O4S2/c1-19(2)39-29(36)34-22-12-9-20(10-13-22)28-33-18-26(40-28)23-14-11-21(24(17-31)25-8-6-7-15-32-25)16-27(23)41(37,38)35-30(3,4)5/h6-8,11,14-20,22,31-32,35H,9-10,12-13H2,1-5H3,(H,34,36)/b25-24+,31-17?. The number of sulfonamides is 1. The van der Waals surface area contributed by atoms with Crippen LogP contribution < -0.4 is 15.4 Å². The van der Waals surface area contributed by atoms with E-state index in [9.17, 15) is 13.2 Å². The molecule has 4 rings (SSSR count). The Hall–Kier alpha value is -3.28. The van der Waals surface area contributed by atoms with Crippen molar-refractivity contribution >= 4 is 39.2 Å². The van der Waals surface area contributed by atoms with Crippen molar-refractivity contribution in [3.05, 3.63) is 65.1 Å². The van der Waals surface area contributed by atoms with Crippen LogP contribution in [0.25, 0.3) is 16.0 Å². The first kappa shape index (κ1) is 30.7. The second-order valence-electron chi connectivity index (χ2n) is 11.6. The number of alkyl carbamates (subject to hydrolysis) is 1. The average molecular weight is 598 g/mol. The molecule has 2 heterocycles. The zero-order valence-electron chi connectivity index (χ0n) is 24.2. The Bertz CT molecular complexity index is 1470. The minimum atomic E-state index is -3.91. The van der Waals surface area contributed by atoms with Crippen LogP contribution in [0.5, 0.6) is 0 Å². The quantitative estimate of drug-likeness (QED) is 0.273. The zero-order chi connectivity index (χ0) is 29.8. The number of carbonyl (C=O) groups is 1. The lowest BCUT2D eigenvalue weighted by Crippen LogP contribution is -2.40. The fraction of sp³-hybridized carbons (Fsp3) is 0.433. The van der Waals surface area contributed by atoms with Gasteiger partial charge in [-0.05, 0) is 84.1 Å². The molecule has 1 fully saturated rings. The van der Waals surface area contributed by atoms with Crippen molar-refractivity contribution in [1.82, 2.24) is 20.3 Å². The molecule has 2 aromatic rings. The fourth-order valence-electron chi connectivity index (χ4n) is 4.95. The molecule has 220 valence electrons. The third-order valence-electron chi connectivity index (χ3n) is 6.70. The average Bonchev–Trinajstić information content (AvgIpc) is 3.38. The summed E-state index contributed by atoms with van der Waals surface area (Å²) >= 11 is 1.51. The molecule has 1 aromatic heterocycles. The molecule has 1 saturated carbocycles. The first-order chi connectivity index (χ1) is 19.4. The maximum absolute atomic E-state index is 13.7. The third kappa shape index (κ3) is 7.93. The number of benzene rings is 1. The Morgan fingerprint density at radius 1 is 1.20 bits per heavy atom. The zero-order valence-corrected chi connectivity index (χ0v) is 25.8. The maximum Gasteiger partial charge on any atom is 0.407 e. The number of dihydropyridines is 1. The molecule has 4 N–H and O–H groups in total. The van der Waals surface area contributed by atoms with Crippen molar-refractivity contribution in [2.24, 2.45) is 0 Å². The highest BCUT2D eigenvalue weighted by Gasteiger charge is 2.29. The van der Waals surface area contributed by atoms with Gasteiger partial charge < -0.3 is 20.8 Å². The Morgan fingerprint density at radius 2 is 1.93 bits per heavy atom. The van der Waals surface area contributed by atoms with Gasteiger partial charge in [0.1, 0.15) is 0 Å². The van der Waals surface area contributed by atoms with Gasteiger partial charge in [-0.3, -0.25) is 0 Å². The van der Waals surface area contributed by atoms with Crippen LogP contribution in [0.3, 0.4) is 0 Å². The van der Waals surface area contributed by atoms with Crippen molar-refractivity contribution in [1.29, 1.82) is 5.41 Å². The molecule has 1 aromatic carbocycles. The van der Waals surface area contributed by atoms with Gasteiger partial charge in [-0.25, -0.2) is 22.9 Å². The molecular formula is C30H39N5O4S2. The number of thiazole rings is 1. The Kier molecular flexibility index (Phi) is 9.51. The third-order valence-corrected chi connectivity index (χ3v) is 9.69. The van der Waals surface area contributed by atoms with E-state index >= 15 is 0 Å². The van der Waals surface area contributed by atoms with E-state index in [1.54, 1.807) is 45.3 Å². The van der Waals surface area contributed by atoms with Gasteiger partial charge in [0.2, 0.25) is 10.0 Å². The number of amides is 1. The van der Waals surface area contributed by atoms with Crippen LogP contribution >= 0.6 is 11.3 Å². The summed E-state index contributed by atoms with van der Waals surface area (Å²) in [6.45, 7) is 9.07. The second-order valence-corrected chi connectivity index (χ2v) is 14.3. The molecule has 11 heteroatoms. The normalized spacial score (nSPS) is 20.4. The highest BCUT2D eigenvalue weighted by molar-refractivity contribution is 7.89. The van der Waals surface area contributed by atoms with E-state index in [0.717, 1.165) is 35.6 Å². The summed E-state index contributed by atoms with van der Waals surface area (Å²) in [5.41, 5.74) is 1.80. The van der Waals surface area contributed by atoms with Crippen molar-refractivity contribution in [2.75, 3.05) is 0 Å². The Morgan fingerprint density at radius 3 is 2.54 bits per heavy atom. The number of ether oxygens (including phenoxy) is 1. The summed E-state index contributed by atoms with van der Waals surface area (Å²) in [6.07, 6.45) is 13.2. The van der Waals surface area contributed by atoms with Gasteiger partial charge in [-0.2, -0.15) is 0 Å². The number of aromatic nitrogens is 1. The minimum Gasteiger partial charge on any atom is -0.447 e. The largest absolute Gasteiger partial charge is 0.447 e. The van der Waals surface area contributed by atoms with Crippen molar-refractivity contribution in [3.8, 4) is 10.4 Å². The van der Waals surface area contributed by atoms with Crippen LogP contribution in [0, 0.1) is 5.41 Å². The minimum absolute atomic E-state index is 0.0749. The fourth-order valence-corrected chi connectivity index (χ4v) is 7.81. The van der Waals surface area contributed by atoms with Crippen LogP contribution in [0.2, 0.25) is 0 Å². The van der Waals surface area contributed by atoms with Crippen LogP contribution in [-0.4, -0.2) is 43.4 Å². The summed E-state index contributed by atoms with van der Waals surface area (Å²) < 4.78 is 35.4. The number of carbonyl (C=O) groups excluding carboxylic acids is 1. The van der Waals surface area contributed by atoms with Crippen LogP contribution in [0.15, 0.2) is 59.4 Å². The van der Waals surface area contributed by atoms with Gasteiger partial charge in [0.15, 0.2) is 0 Å².